The highest BCUT2D eigenvalue weighted by Crippen LogP contribution is 2.23. The average molecular weight is 226 g/mol. The van der Waals surface area contributed by atoms with E-state index in [-0.39, 0.29) is 11.7 Å². The van der Waals surface area contributed by atoms with E-state index in [9.17, 15) is 4.79 Å². The van der Waals surface area contributed by atoms with Gasteiger partial charge in [-0.3, -0.25) is 4.79 Å². The van der Waals surface area contributed by atoms with Crippen LogP contribution in [0.3, 0.4) is 0 Å². The van der Waals surface area contributed by atoms with Crippen molar-refractivity contribution in [3.63, 3.8) is 0 Å². The summed E-state index contributed by atoms with van der Waals surface area (Å²) in [7, 11) is 0. The van der Waals surface area contributed by atoms with Crippen LogP contribution < -0.4 is 5.73 Å². The van der Waals surface area contributed by atoms with E-state index >= 15 is 0 Å². The smallest absolute Gasteiger partial charge is 0.167 e. The van der Waals surface area contributed by atoms with Crippen molar-refractivity contribution in [2.75, 3.05) is 5.73 Å². The van der Waals surface area contributed by atoms with Gasteiger partial charge >= 0.3 is 0 Å². The maximum absolute atomic E-state index is 11.9. The SMILES string of the molecule is CCCC(C)C(=O)c1ccc(N)cc1Cl. The zero-order chi connectivity index (χ0) is 11.4. The van der Waals surface area contributed by atoms with Crippen LogP contribution in [0.25, 0.3) is 0 Å². The van der Waals surface area contributed by atoms with Gasteiger partial charge in [-0.2, -0.15) is 0 Å². The Kier molecular flexibility index (Phi) is 4.15. The lowest BCUT2D eigenvalue weighted by Crippen LogP contribution is -2.11. The fourth-order valence-electron chi connectivity index (χ4n) is 1.56. The second kappa shape index (κ2) is 5.17. The standard InChI is InChI=1S/C12H16ClNO/c1-3-4-8(2)12(15)10-6-5-9(14)7-11(10)13/h5-8H,3-4,14H2,1-2H3. The summed E-state index contributed by atoms with van der Waals surface area (Å²) >= 11 is 5.97. The zero-order valence-corrected chi connectivity index (χ0v) is 9.84. The second-order valence-corrected chi connectivity index (χ2v) is 4.20. The minimum atomic E-state index is 0.0242. The van der Waals surface area contributed by atoms with Crippen LogP contribution in [-0.2, 0) is 0 Å². The zero-order valence-electron chi connectivity index (χ0n) is 9.09. The van der Waals surface area contributed by atoms with Gasteiger partial charge in [-0.05, 0) is 24.6 Å². The minimum Gasteiger partial charge on any atom is -0.399 e. The van der Waals surface area contributed by atoms with Crippen LogP contribution >= 0.6 is 11.6 Å². The molecule has 1 aromatic carbocycles. The van der Waals surface area contributed by atoms with E-state index in [1.807, 2.05) is 6.92 Å². The molecule has 2 nitrogen and oxygen atoms in total. The lowest BCUT2D eigenvalue weighted by atomic mass is 9.95. The molecule has 1 atom stereocenters. The van der Waals surface area contributed by atoms with Crippen LogP contribution in [0.4, 0.5) is 5.69 Å². The van der Waals surface area contributed by atoms with Gasteiger partial charge in [-0.1, -0.05) is 31.9 Å². The molecule has 0 heterocycles. The quantitative estimate of drug-likeness (QED) is 0.629. The molecule has 0 aliphatic heterocycles. The van der Waals surface area contributed by atoms with E-state index in [0.717, 1.165) is 12.8 Å². The monoisotopic (exact) mass is 225 g/mol. The number of nitrogen functional groups attached to an aromatic ring is 1. The summed E-state index contributed by atoms with van der Waals surface area (Å²) in [6.45, 7) is 3.99. The van der Waals surface area contributed by atoms with Crippen molar-refractivity contribution in [1.29, 1.82) is 0 Å². The third-order valence-electron chi connectivity index (χ3n) is 2.43. The topological polar surface area (TPSA) is 43.1 Å². The number of hydrogen-bond acceptors (Lipinski definition) is 2. The predicted molar refractivity (Wildman–Crippen MR) is 64.3 cm³/mol. The molecule has 0 saturated carbocycles. The molecule has 1 rings (SSSR count). The number of carbonyl (C=O) groups excluding carboxylic acids is 1. The fourth-order valence-corrected chi connectivity index (χ4v) is 1.84. The lowest BCUT2D eigenvalue weighted by Gasteiger charge is -2.10. The number of halogens is 1. The van der Waals surface area contributed by atoms with E-state index in [4.69, 9.17) is 17.3 Å². The van der Waals surface area contributed by atoms with Gasteiger partial charge in [0.2, 0.25) is 0 Å². The van der Waals surface area contributed by atoms with Gasteiger partial charge in [0.1, 0.15) is 0 Å². The molecule has 0 fully saturated rings. The molecule has 82 valence electrons. The Labute approximate surface area is 95.4 Å². The largest absolute Gasteiger partial charge is 0.399 e. The predicted octanol–water partition coefficient (Wildman–Crippen LogP) is 3.54. The highest BCUT2D eigenvalue weighted by atomic mass is 35.5. The van der Waals surface area contributed by atoms with Crippen molar-refractivity contribution in [1.82, 2.24) is 0 Å². The van der Waals surface area contributed by atoms with Crippen LogP contribution in [0.15, 0.2) is 18.2 Å². The van der Waals surface area contributed by atoms with Gasteiger partial charge in [0.15, 0.2) is 5.78 Å². The van der Waals surface area contributed by atoms with Gasteiger partial charge < -0.3 is 5.73 Å². The summed E-state index contributed by atoms with van der Waals surface area (Å²) < 4.78 is 0. The Morgan fingerprint density at radius 1 is 1.53 bits per heavy atom. The molecule has 0 amide bonds. The molecule has 15 heavy (non-hydrogen) atoms. The van der Waals surface area contributed by atoms with Crippen LogP contribution in [-0.4, -0.2) is 5.78 Å². The first-order chi connectivity index (χ1) is 7.06. The number of rotatable bonds is 4. The number of anilines is 1. The van der Waals surface area contributed by atoms with Crippen molar-refractivity contribution in [3.8, 4) is 0 Å². The molecule has 0 saturated heterocycles. The van der Waals surface area contributed by atoms with Crippen LogP contribution in [0.5, 0.6) is 0 Å². The van der Waals surface area contributed by atoms with Gasteiger partial charge in [-0.25, -0.2) is 0 Å². The Morgan fingerprint density at radius 3 is 2.73 bits per heavy atom. The Morgan fingerprint density at radius 2 is 2.20 bits per heavy atom. The van der Waals surface area contributed by atoms with Gasteiger partial charge in [0, 0.05) is 17.2 Å². The van der Waals surface area contributed by atoms with Crippen molar-refractivity contribution < 1.29 is 4.79 Å². The molecular formula is C12H16ClNO. The van der Waals surface area contributed by atoms with Gasteiger partial charge in [0.25, 0.3) is 0 Å². The average Bonchev–Trinajstić information content (AvgIpc) is 2.17. The number of carbonyl (C=O) groups is 1. The summed E-state index contributed by atoms with van der Waals surface area (Å²) in [5, 5.41) is 0.447. The first kappa shape index (κ1) is 12.1. The van der Waals surface area contributed by atoms with Gasteiger partial charge in [0.05, 0.1) is 5.02 Å². The number of nitrogens with two attached hydrogens (primary N) is 1. The molecule has 2 N–H and O–H groups in total. The Hall–Kier alpha value is -1.02. The number of hydrogen-bond donors (Lipinski definition) is 1. The van der Waals surface area contributed by atoms with Crippen molar-refractivity contribution in [2.24, 2.45) is 5.92 Å². The lowest BCUT2D eigenvalue weighted by molar-refractivity contribution is 0.0924. The van der Waals surface area contributed by atoms with Crippen molar-refractivity contribution in [2.45, 2.75) is 26.7 Å². The first-order valence-electron chi connectivity index (χ1n) is 5.15. The highest BCUT2D eigenvalue weighted by molar-refractivity contribution is 6.34. The maximum Gasteiger partial charge on any atom is 0.167 e. The normalized spacial score (nSPS) is 12.5. The number of ketones is 1. The summed E-state index contributed by atoms with van der Waals surface area (Å²) in [5.74, 6) is 0.123. The third kappa shape index (κ3) is 2.96. The summed E-state index contributed by atoms with van der Waals surface area (Å²) in [4.78, 5) is 11.9. The summed E-state index contributed by atoms with van der Waals surface area (Å²) in [5.41, 5.74) is 6.73. The molecule has 0 bridgehead atoms. The minimum absolute atomic E-state index is 0.0242. The van der Waals surface area contributed by atoms with E-state index in [1.54, 1.807) is 18.2 Å². The Bertz CT molecular complexity index is 363. The molecule has 0 aliphatic rings. The highest BCUT2D eigenvalue weighted by Gasteiger charge is 2.16. The number of Topliss-reactive ketones (excluding diaryl/α,β-unsaturated/α-hetero) is 1. The van der Waals surface area contributed by atoms with Crippen LogP contribution in [0.2, 0.25) is 5.02 Å². The van der Waals surface area contributed by atoms with Gasteiger partial charge in [-0.15, -0.1) is 0 Å². The molecule has 0 spiro atoms. The van der Waals surface area contributed by atoms with E-state index in [2.05, 4.69) is 6.92 Å². The molecule has 1 unspecified atom stereocenters. The molecule has 0 radical (unpaired) electrons. The molecule has 1 aromatic rings. The first-order valence-corrected chi connectivity index (χ1v) is 5.53. The maximum atomic E-state index is 11.9. The second-order valence-electron chi connectivity index (χ2n) is 3.79. The van der Waals surface area contributed by atoms with E-state index < -0.39 is 0 Å². The fraction of sp³-hybridized carbons (Fsp3) is 0.417. The van der Waals surface area contributed by atoms with E-state index in [1.165, 1.54) is 0 Å². The molecule has 0 aliphatic carbocycles. The molecular weight excluding hydrogens is 210 g/mol. The van der Waals surface area contributed by atoms with Crippen molar-refractivity contribution in [3.05, 3.63) is 28.8 Å². The summed E-state index contributed by atoms with van der Waals surface area (Å²) in [6, 6.07) is 5.03. The third-order valence-corrected chi connectivity index (χ3v) is 2.74. The van der Waals surface area contributed by atoms with Crippen molar-refractivity contribution >= 4 is 23.1 Å². The molecule has 0 aromatic heterocycles. The molecule has 3 heteroatoms. The Balaban J connectivity index is 2.91. The van der Waals surface area contributed by atoms with E-state index in [0.29, 0.717) is 16.3 Å². The number of benzene rings is 1. The van der Waals surface area contributed by atoms with Crippen LogP contribution in [0.1, 0.15) is 37.0 Å². The summed E-state index contributed by atoms with van der Waals surface area (Å²) in [6.07, 6.45) is 1.89. The van der Waals surface area contributed by atoms with Crippen LogP contribution in [0, 0.1) is 5.92 Å².